The zero-order valence-electron chi connectivity index (χ0n) is 15.9. The van der Waals surface area contributed by atoms with Gasteiger partial charge in [0.2, 0.25) is 5.90 Å². The van der Waals surface area contributed by atoms with E-state index in [9.17, 15) is 0 Å². The van der Waals surface area contributed by atoms with Gasteiger partial charge < -0.3 is 9.47 Å². The van der Waals surface area contributed by atoms with Crippen molar-refractivity contribution in [3.63, 3.8) is 0 Å². The number of aliphatic imine (C=N–C) groups is 1. The Labute approximate surface area is 174 Å². The Morgan fingerprint density at radius 2 is 1.64 bits per heavy atom. The Balaban J connectivity index is 1.77. The van der Waals surface area contributed by atoms with Crippen LogP contribution in [0, 0.1) is 0 Å². The van der Waals surface area contributed by atoms with Crippen LogP contribution in [-0.2, 0) is 10.3 Å². The largest absolute Gasteiger partial charge is 0.497 e. The van der Waals surface area contributed by atoms with Gasteiger partial charge in [-0.1, -0.05) is 58.4 Å². The van der Waals surface area contributed by atoms with E-state index in [1.165, 1.54) is 5.56 Å². The first-order valence-electron chi connectivity index (χ1n) is 9.30. The molecule has 0 bridgehead atoms. The van der Waals surface area contributed by atoms with Crippen molar-refractivity contribution < 1.29 is 9.47 Å². The van der Waals surface area contributed by atoms with Crippen LogP contribution in [0.4, 0.5) is 0 Å². The van der Waals surface area contributed by atoms with Crippen LogP contribution in [0.15, 0.2) is 88.3 Å². The van der Waals surface area contributed by atoms with Gasteiger partial charge in [0, 0.05) is 16.5 Å². The minimum atomic E-state index is -0.462. The summed E-state index contributed by atoms with van der Waals surface area (Å²) in [6.45, 7) is 2.15. The fourth-order valence-corrected chi connectivity index (χ4v) is 3.81. The smallest absolute Gasteiger partial charge is 0.217 e. The summed E-state index contributed by atoms with van der Waals surface area (Å²) in [5.74, 6) is 1.48. The lowest BCUT2D eigenvalue weighted by Gasteiger charge is -2.38. The molecule has 28 heavy (non-hydrogen) atoms. The Kier molecular flexibility index (Phi) is 5.23. The maximum Gasteiger partial charge on any atom is 0.217 e. The highest BCUT2D eigenvalue weighted by atomic mass is 79.9. The van der Waals surface area contributed by atoms with E-state index in [4.69, 9.17) is 14.5 Å². The van der Waals surface area contributed by atoms with Crippen molar-refractivity contribution in [2.75, 3.05) is 7.11 Å². The molecule has 0 amide bonds. The molecule has 0 N–H and O–H groups in total. The Bertz CT molecular complexity index is 968. The first-order chi connectivity index (χ1) is 13.6. The zero-order chi connectivity index (χ0) is 19.6. The SMILES string of the molecule is COc1ccc(C2=N[C@H](c3ccc(Br)cc3)C[C@](C)(c3ccccc3)O2)cc1. The van der Waals surface area contributed by atoms with Crippen LogP contribution in [0.2, 0.25) is 0 Å². The molecule has 1 aliphatic rings. The molecule has 0 fully saturated rings. The predicted octanol–water partition coefficient (Wildman–Crippen LogP) is 6.28. The van der Waals surface area contributed by atoms with Gasteiger partial charge >= 0.3 is 0 Å². The quantitative estimate of drug-likeness (QED) is 0.482. The van der Waals surface area contributed by atoms with Crippen LogP contribution in [0.3, 0.4) is 0 Å². The fraction of sp³-hybridized carbons (Fsp3) is 0.208. The number of halogens is 1. The van der Waals surface area contributed by atoms with Crippen LogP contribution in [-0.4, -0.2) is 13.0 Å². The van der Waals surface area contributed by atoms with Gasteiger partial charge in [-0.15, -0.1) is 0 Å². The molecular formula is C24H22BrNO2. The molecule has 142 valence electrons. The number of ether oxygens (including phenoxy) is 2. The summed E-state index contributed by atoms with van der Waals surface area (Å²) in [6, 6.07) is 26.6. The predicted molar refractivity (Wildman–Crippen MR) is 116 cm³/mol. The van der Waals surface area contributed by atoms with Gasteiger partial charge in [0.25, 0.3) is 0 Å². The van der Waals surface area contributed by atoms with E-state index >= 15 is 0 Å². The van der Waals surface area contributed by atoms with Gasteiger partial charge in [-0.05, 0) is 54.4 Å². The molecule has 0 saturated carbocycles. The second-order valence-corrected chi connectivity index (χ2v) is 8.05. The molecule has 0 spiro atoms. The molecule has 0 aliphatic carbocycles. The molecule has 2 atom stereocenters. The summed E-state index contributed by atoms with van der Waals surface area (Å²) < 4.78 is 12.8. The van der Waals surface area contributed by atoms with E-state index in [-0.39, 0.29) is 6.04 Å². The Hall–Kier alpha value is -2.59. The van der Waals surface area contributed by atoms with Crippen molar-refractivity contribution in [2.24, 2.45) is 4.99 Å². The van der Waals surface area contributed by atoms with Gasteiger partial charge in [0.1, 0.15) is 11.4 Å². The molecule has 0 aromatic heterocycles. The topological polar surface area (TPSA) is 30.8 Å². The number of hydrogen-bond donors (Lipinski definition) is 0. The molecule has 1 heterocycles. The Morgan fingerprint density at radius 1 is 0.964 bits per heavy atom. The van der Waals surface area contributed by atoms with Crippen molar-refractivity contribution in [2.45, 2.75) is 25.0 Å². The van der Waals surface area contributed by atoms with Crippen LogP contribution >= 0.6 is 15.9 Å². The van der Waals surface area contributed by atoms with E-state index in [2.05, 4.69) is 71.4 Å². The fourth-order valence-electron chi connectivity index (χ4n) is 3.55. The van der Waals surface area contributed by atoms with Gasteiger partial charge in [0.15, 0.2) is 0 Å². The van der Waals surface area contributed by atoms with Gasteiger partial charge in [-0.3, -0.25) is 0 Å². The summed E-state index contributed by atoms with van der Waals surface area (Å²) in [7, 11) is 1.67. The minimum Gasteiger partial charge on any atom is -0.497 e. The standard InChI is InChI=1S/C24H22BrNO2/c1-24(19-6-4-3-5-7-19)16-22(17-8-12-20(25)13-9-17)26-23(28-24)18-10-14-21(27-2)15-11-18/h3-15,22H,16H2,1-2H3/t22-,24+/m0/s1. The summed E-state index contributed by atoms with van der Waals surface area (Å²) in [5, 5.41) is 0. The molecule has 3 nitrogen and oxygen atoms in total. The second-order valence-electron chi connectivity index (χ2n) is 7.13. The summed E-state index contributed by atoms with van der Waals surface area (Å²) in [4.78, 5) is 4.97. The van der Waals surface area contributed by atoms with Crippen LogP contribution in [0.25, 0.3) is 0 Å². The minimum absolute atomic E-state index is 0.0177. The van der Waals surface area contributed by atoms with E-state index in [0.717, 1.165) is 27.8 Å². The molecular weight excluding hydrogens is 414 g/mol. The molecule has 0 radical (unpaired) electrons. The molecule has 1 aliphatic heterocycles. The normalized spacial score (nSPS) is 21.5. The number of nitrogens with zero attached hydrogens (tertiary/aromatic N) is 1. The van der Waals surface area contributed by atoms with Crippen LogP contribution in [0.5, 0.6) is 5.75 Å². The highest BCUT2D eigenvalue weighted by molar-refractivity contribution is 9.10. The highest BCUT2D eigenvalue weighted by Gasteiger charge is 2.38. The van der Waals surface area contributed by atoms with Gasteiger partial charge in [-0.25, -0.2) is 4.99 Å². The third-order valence-corrected chi connectivity index (χ3v) is 5.68. The molecule has 0 unspecified atom stereocenters. The summed E-state index contributed by atoms with van der Waals surface area (Å²) in [5.41, 5.74) is 2.82. The van der Waals surface area contributed by atoms with Crippen molar-refractivity contribution in [1.82, 2.24) is 0 Å². The average Bonchev–Trinajstić information content (AvgIpc) is 2.74. The first kappa shape index (κ1) is 18.8. The van der Waals surface area contributed by atoms with Crippen molar-refractivity contribution in [3.05, 3.63) is 100 Å². The summed E-state index contributed by atoms with van der Waals surface area (Å²) in [6.07, 6.45) is 0.776. The molecule has 4 heteroatoms. The third-order valence-electron chi connectivity index (χ3n) is 5.15. The second kappa shape index (κ2) is 7.80. The highest BCUT2D eigenvalue weighted by Crippen LogP contribution is 2.42. The lowest BCUT2D eigenvalue weighted by molar-refractivity contribution is 0.0411. The van der Waals surface area contributed by atoms with Gasteiger partial charge in [-0.2, -0.15) is 0 Å². The zero-order valence-corrected chi connectivity index (χ0v) is 17.5. The summed E-state index contributed by atoms with van der Waals surface area (Å²) >= 11 is 3.52. The van der Waals surface area contributed by atoms with E-state index in [1.807, 2.05) is 30.3 Å². The van der Waals surface area contributed by atoms with Crippen LogP contribution in [0.1, 0.15) is 36.1 Å². The number of methoxy groups -OCH3 is 1. The third kappa shape index (κ3) is 3.83. The number of hydrogen-bond acceptors (Lipinski definition) is 3. The monoisotopic (exact) mass is 435 g/mol. The van der Waals surface area contributed by atoms with Crippen molar-refractivity contribution in [1.29, 1.82) is 0 Å². The maximum atomic E-state index is 6.49. The first-order valence-corrected chi connectivity index (χ1v) is 10.1. The number of rotatable bonds is 4. The Morgan fingerprint density at radius 3 is 2.29 bits per heavy atom. The molecule has 3 aromatic carbocycles. The lowest BCUT2D eigenvalue weighted by Crippen LogP contribution is -2.35. The molecule has 4 rings (SSSR count). The maximum absolute atomic E-state index is 6.49. The average molecular weight is 436 g/mol. The molecule has 0 saturated heterocycles. The van der Waals surface area contributed by atoms with E-state index in [1.54, 1.807) is 7.11 Å². The van der Waals surface area contributed by atoms with Crippen LogP contribution < -0.4 is 4.74 Å². The number of benzene rings is 3. The van der Waals surface area contributed by atoms with Crippen molar-refractivity contribution in [3.8, 4) is 5.75 Å². The lowest BCUT2D eigenvalue weighted by atomic mass is 9.85. The molecule has 3 aromatic rings. The van der Waals surface area contributed by atoms with E-state index in [0.29, 0.717) is 5.90 Å². The van der Waals surface area contributed by atoms with E-state index < -0.39 is 5.60 Å². The van der Waals surface area contributed by atoms with Crippen molar-refractivity contribution >= 4 is 21.8 Å². The van der Waals surface area contributed by atoms with Gasteiger partial charge in [0.05, 0.1) is 13.2 Å².